The molecule has 0 spiro atoms. The number of hydrogen-bond acceptors (Lipinski definition) is 0. The molecule has 24 N–H and O–H groups in total. The van der Waals surface area contributed by atoms with Crippen molar-refractivity contribution in [3.05, 3.63) is 0 Å². The second-order valence-corrected chi connectivity index (χ2v) is 0. The van der Waals surface area contributed by atoms with Gasteiger partial charge in [0.25, 0.3) is 0 Å². The van der Waals surface area contributed by atoms with Gasteiger partial charge in [-0.25, -0.2) is 0 Å². The van der Waals surface area contributed by atoms with Crippen LogP contribution in [0, 0.1) is 0 Å². The standard InChI is InChI=1S/Cs.12H2O/h;12*1H2. The molecule has 0 aliphatic heterocycles. The third kappa shape index (κ3) is 735. The average Bonchev–Trinajstić information content (AvgIpc) is 0. The summed E-state index contributed by atoms with van der Waals surface area (Å²) >= 11 is 0. The predicted molar refractivity (Wildman–Crippen MR) is 49.1 cm³/mol. The predicted octanol–water partition coefficient (Wildman–Crippen LogP) is -10.3. The number of hydrogen-bond donors (Lipinski definition) is 0. The first-order chi connectivity index (χ1) is 0. The van der Waals surface area contributed by atoms with E-state index in [9.17, 15) is 0 Å². The third-order valence-corrected chi connectivity index (χ3v) is 0. The second kappa shape index (κ2) is 868. The van der Waals surface area contributed by atoms with Gasteiger partial charge in [-0.15, -0.1) is 0 Å². The zero-order valence-electron chi connectivity index (χ0n) is 7.00. The van der Waals surface area contributed by atoms with Crippen LogP contribution in [-0.4, -0.2) is 135 Å². The molecule has 0 amide bonds. The van der Waals surface area contributed by atoms with Gasteiger partial charge in [-0.1, -0.05) is 0 Å². The summed E-state index contributed by atoms with van der Waals surface area (Å²) in [7, 11) is 0. The molecule has 13 heteroatoms. The van der Waals surface area contributed by atoms with Crippen molar-refractivity contribution in [2.75, 3.05) is 0 Å². The van der Waals surface area contributed by atoms with Gasteiger partial charge in [-0.3, -0.25) is 0 Å². The molecular formula is H24CsO12. The topological polar surface area (TPSA) is 378 Å². The monoisotopic (exact) mass is 349 g/mol. The van der Waals surface area contributed by atoms with Crippen LogP contribution in [0.1, 0.15) is 0 Å². The van der Waals surface area contributed by atoms with Crippen LogP contribution in [0.4, 0.5) is 0 Å². The van der Waals surface area contributed by atoms with Crippen LogP contribution in [0.5, 0.6) is 0 Å². The Morgan fingerprint density at radius 1 is 0.154 bits per heavy atom. The smallest absolute Gasteiger partial charge is 0 e. The van der Waals surface area contributed by atoms with Crippen molar-refractivity contribution in [1.29, 1.82) is 0 Å². The molecule has 0 saturated heterocycles. The van der Waals surface area contributed by atoms with Crippen molar-refractivity contribution in [2.45, 2.75) is 0 Å². The summed E-state index contributed by atoms with van der Waals surface area (Å²) in [4.78, 5) is 0. The van der Waals surface area contributed by atoms with Gasteiger partial charge in [0.15, 0.2) is 0 Å². The van der Waals surface area contributed by atoms with E-state index in [1.54, 1.807) is 0 Å². The fraction of sp³-hybridized carbons (Fsp3) is 0. The molecule has 0 saturated carbocycles. The van der Waals surface area contributed by atoms with E-state index in [-0.39, 0.29) is 135 Å². The van der Waals surface area contributed by atoms with Crippen LogP contribution in [-0.2, 0) is 0 Å². The van der Waals surface area contributed by atoms with Crippen LogP contribution in [0.15, 0.2) is 0 Å². The maximum atomic E-state index is 0. The van der Waals surface area contributed by atoms with E-state index in [1.807, 2.05) is 0 Å². The van der Waals surface area contributed by atoms with Crippen molar-refractivity contribution < 1.29 is 65.7 Å². The Kier molecular flexibility index (Phi) is 72500. The summed E-state index contributed by atoms with van der Waals surface area (Å²) in [6.07, 6.45) is 0. The SMILES string of the molecule is O.O.O.O.O.O.O.O.O.O.O.O.[Cs]. The van der Waals surface area contributed by atoms with Crippen LogP contribution in [0.25, 0.3) is 0 Å². The maximum absolute atomic E-state index is 0. The van der Waals surface area contributed by atoms with E-state index in [1.165, 1.54) is 0 Å². The largest absolute Gasteiger partial charge is 0.412 e. The van der Waals surface area contributed by atoms with E-state index < -0.39 is 0 Å². The Bertz CT molecular complexity index is 5.09. The molecule has 0 aliphatic carbocycles. The zero-order chi connectivity index (χ0) is 0. The second-order valence-electron chi connectivity index (χ2n) is 0. The molecule has 0 bridgehead atoms. The van der Waals surface area contributed by atoms with Crippen LogP contribution < -0.4 is 0 Å². The average molecular weight is 349 g/mol. The van der Waals surface area contributed by atoms with Crippen molar-refractivity contribution >= 4 is 68.9 Å². The molecule has 0 heterocycles. The Morgan fingerprint density at radius 3 is 0.154 bits per heavy atom. The van der Waals surface area contributed by atoms with Crippen LogP contribution in [0.3, 0.4) is 0 Å². The quantitative estimate of drug-likeness (QED) is 0.392. The Hall–Kier alpha value is 1.57. The zero-order valence-corrected chi connectivity index (χ0v) is 13.3. The summed E-state index contributed by atoms with van der Waals surface area (Å²) in [6, 6.07) is 0. The minimum atomic E-state index is 0. The Labute approximate surface area is 132 Å². The van der Waals surface area contributed by atoms with E-state index in [2.05, 4.69) is 0 Å². The van der Waals surface area contributed by atoms with E-state index in [0.717, 1.165) is 0 Å². The summed E-state index contributed by atoms with van der Waals surface area (Å²) in [5, 5.41) is 0. The van der Waals surface area contributed by atoms with Crippen molar-refractivity contribution in [1.82, 2.24) is 0 Å². The summed E-state index contributed by atoms with van der Waals surface area (Å²) in [6.45, 7) is 0. The number of rotatable bonds is 0. The molecule has 0 aliphatic rings. The molecule has 0 unspecified atom stereocenters. The molecule has 0 fully saturated rings. The van der Waals surface area contributed by atoms with Gasteiger partial charge < -0.3 is 65.7 Å². The molecule has 0 rings (SSSR count). The van der Waals surface area contributed by atoms with Crippen molar-refractivity contribution in [3.8, 4) is 0 Å². The van der Waals surface area contributed by atoms with Crippen LogP contribution in [0.2, 0.25) is 0 Å². The fourth-order valence-electron chi connectivity index (χ4n) is 0. The Morgan fingerprint density at radius 2 is 0.154 bits per heavy atom. The van der Waals surface area contributed by atoms with Gasteiger partial charge >= 0.3 is 0 Å². The molecule has 0 atom stereocenters. The Balaban J connectivity index is 0. The summed E-state index contributed by atoms with van der Waals surface area (Å²) in [5.74, 6) is 0. The molecule has 0 aromatic rings. The summed E-state index contributed by atoms with van der Waals surface area (Å²) in [5.41, 5.74) is 0. The van der Waals surface area contributed by atoms with E-state index >= 15 is 0 Å². The molecule has 12 nitrogen and oxygen atoms in total. The fourth-order valence-corrected chi connectivity index (χ4v) is 0. The summed E-state index contributed by atoms with van der Waals surface area (Å²) < 4.78 is 0. The first-order valence-electron chi connectivity index (χ1n) is 0. The molecule has 0 aromatic carbocycles. The van der Waals surface area contributed by atoms with Gasteiger partial charge in [-0.05, 0) is 0 Å². The minimum Gasteiger partial charge on any atom is -0.412 e. The van der Waals surface area contributed by atoms with Gasteiger partial charge in [0.2, 0.25) is 0 Å². The van der Waals surface area contributed by atoms with Gasteiger partial charge in [0.05, 0.1) is 0 Å². The molecule has 13 heavy (non-hydrogen) atoms. The van der Waals surface area contributed by atoms with Crippen molar-refractivity contribution in [3.63, 3.8) is 0 Å². The molecule has 1 radical (unpaired) electrons. The first-order valence-corrected chi connectivity index (χ1v) is 0. The third-order valence-electron chi connectivity index (χ3n) is 0. The van der Waals surface area contributed by atoms with Gasteiger partial charge in [0.1, 0.15) is 0 Å². The minimum absolute atomic E-state index is 0. The normalized spacial score (nSPS) is 0. The van der Waals surface area contributed by atoms with Crippen LogP contribution >= 0.6 is 0 Å². The van der Waals surface area contributed by atoms with Crippen molar-refractivity contribution in [2.24, 2.45) is 0 Å². The molecule has 0 aromatic heterocycles. The first kappa shape index (κ1) is 1090. The van der Waals surface area contributed by atoms with Gasteiger partial charge in [0, 0.05) is 68.9 Å². The molecular weight excluding hydrogens is 325 g/mol. The van der Waals surface area contributed by atoms with Gasteiger partial charge in [-0.2, -0.15) is 0 Å². The van der Waals surface area contributed by atoms with E-state index in [0.29, 0.717) is 0 Å². The van der Waals surface area contributed by atoms with E-state index in [4.69, 9.17) is 0 Å². The maximum Gasteiger partial charge on any atom is 0 e. The molecule has 97 valence electrons.